The molecule has 0 saturated carbocycles. The summed E-state index contributed by atoms with van der Waals surface area (Å²) in [6.45, 7) is 4.03. The minimum Gasteiger partial charge on any atom is -0.478 e. The Bertz CT molecular complexity index is 1390. The first-order valence-electron chi connectivity index (χ1n) is 10.3. The molecule has 0 aliphatic heterocycles. The van der Waals surface area contributed by atoms with E-state index < -0.39 is 17.8 Å². The van der Waals surface area contributed by atoms with Crippen molar-refractivity contribution in [2.24, 2.45) is 0 Å². The zero-order chi connectivity index (χ0) is 24.4. The zero-order valence-electron chi connectivity index (χ0n) is 18.3. The lowest BCUT2D eigenvalue weighted by Gasteiger charge is -2.08. The third kappa shape index (κ3) is 4.86. The Morgan fingerprint density at radius 1 is 0.824 bits per heavy atom. The molecule has 1 amide bonds. The molecule has 0 bridgehead atoms. The Morgan fingerprint density at radius 2 is 1.44 bits per heavy atom. The lowest BCUT2D eigenvalue weighted by Crippen LogP contribution is -2.13. The summed E-state index contributed by atoms with van der Waals surface area (Å²) in [6, 6.07) is 14.0. The molecular weight excluding hydrogens is 436 g/mol. The zero-order valence-corrected chi connectivity index (χ0v) is 18.3. The van der Waals surface area contributed by atoms with Crippen LogP contribution in [0.4, 0.5) is 5.69 Å². The fourth-order valence-corrected chi connectivity index (χ4v) is 3.33. The minimum atomic E-state index is -1.29. The highest BCUT2D eigenvalue weighted by molar-refractivity contribution is 6.06. The van der Waals surface area contributed by atoms with E-state index in [0.717, 1.165) is 28.3 Å². The van der Waals surface area contributed by atoms with Crippen LogP contribution in [0.5, 0.6) is 0 Å². The number of carboxylic acid groups (broad SMARTS) is 2. The Morgan fingerprint density at radius 3 is 2.06 bits per heavy atom. The highest BCUT2D eigenvalue weighted by Gasteiger charge is 2.14. The van der Waals surface area contributed by atoms with Crippen molar-refractivity contribution in [3.05, 3.63) is 93.9 Å². The van der Waals surface area contributed by atoms with Crippen LogP contribution in [-0.4, -0.2) is 33.0 Å². The maximum absolute atomic E-state index is 12.6. The molecule has 0 unspecified atom stereocenters. The number of fused-ring (bicyclic) bond motifs is 1. The number of anilines is 1. The van der Waals surface area contributed by atoms with E-state index in [4.69, 9.17) is 4.42 Å². The fourth-order valence-electron chi connectivity index (χ4n) is 3.33. The first kappa shape index (κ1) is 22.5. The number of amides is 1. The standard InChI is InChI=1S/C26H20N2O6/c1-14-9-21-22(10-15(14)2)34-23(28-21)8-5-16-3-6-17(7-4-16)24(29)27-20-12-18(25(30)31)11-19(13-20)26(32)33/h3-13H,1-2H3,(H,27,29)(H,30,31)(H,32,33)/b8-5+. The molecule has 34 heavy (non-hydrogen) atoms. The first-order chi connectivity index (χ1) is 16.2. The van der Waals surface area contributed by atoms with Gasteiger partial charge < -0.3 is 19.9 Å². The number of rotatable bonds is 6. The molecule has 170 valence electrons. The number of carbonyl (C=O) groups excluding carboxylic acids is 1. The van der Waals surface area contributed by atoms with E-state index >= 15 is 0 Å². The second-order valence-corrected chi connectivity index (χ2v) is 7.78. The van der Waals surface area contributed by atoms with Crippen molar-refractivity contribution in [2.45, 2.75) is 13.8 Å². The van der Waals surface area contributed by atoms with Crippen LogP contribution in [-0.2, 0) is 0 Å². The molecule has 4 aromatic rings. The smallest absolute Gasteiger partial charge is 0.335 e. The van der Waals surface area contributed by atoms with Gasteiger partial charge in [-0.15, -0.1) is 0 Å². The summed E-state index contributed by atoms with van der Waals surface area (Å²) in [6.07, 6.45) is 3.55. The molecule has 0 aliphatic carbocycles. The number of aromatic nitrogens is 1. The van der Waals surface area contributed by atoms with Gasteiger partial charge in [0.1, 0.15) is 5.52 Å². The van der Waals surface area contributed by atoms with Crippen molar-refractivity contribution in [3.63, 3.8) is 0 Å². The second kappa shape index (κ2) is 9.03. The summed E-state index contributed by atoms with van der Waals surface area (Å²) in [4.78, 5) is 39.5. The predicted molar refractivity (Wildman–Crippen MR) is 127 cm³/mol. The molecular formula is C26H20N2O6. The van der Waals surface area contributed by atoms with E-state index in [-0.39, 0.29) is 16.8 Å². The van der Waals surface area contributed by atoms with Gasteiger partial charge in [0.15, 0.2) is 5.58 Å². The third-order valence-electron chi connectivity index (χ3n) is 5.30. The summed E-state index contributed by atoms with van der Waals surface area (Å²) < 4.78 is 5.76. The van der Waals surface area contributed by atoms with Gasteiger partial charge in [-0.1, -0.05) is 12.1 Å². The highest BCUT2D eigenvalue weighted by atomic mass is 16.4. The van der Waals surface area contributed by atoms with Crippen molar-refractivity contribution in [1.82, 2.24) is 4.98 Å². The van der Waals surface area contributed by atoms with Crippen LogP contribution < -0.4 is 5.32 Å². The number of carboxylic acids is 2. The minimum absolute atomic E-state index is 0.0766. The molecule has 1 heterocycles. The Hall–Kier alpha value is -4.72. The summed E-state index contributed by atoms with van der Waals surface area (Å²) in [5.41, 5.74) is 4.50. The van der Waals surface area contributed by atoms with E-state index in [0.29, 0.717) is 17.0 Å². The number of benzene rings is 3. The van der Waals surface area contributed by atoms with Crippen LogP contribution >= 0.6 is 0 Å². The highest BCUT2D eigenvalue weighted by Crippen LogP contribution is 2.22. The van der Waals surface area contributed by atoms with Crippen molar-refractivity contribution in [3.8, 4) is 0 Å². The largest absolute Gasteiger partial charge is 0.478 e. The van der Waals surface area contributed by atoms with Gasteiger partial charge in [0.05, 0.1) is 11.1 Å². The number of hydrogen-bond acceptors (Lipinski definition) is 5. The molecule has 3 aromatic carbocycles. The summed E-state index contributed by atoms with van der Waals surface area (Å²) in [5, 5.41) is 20.9. The maximum Gasteiger partial charge on any atom is 0.335 e. The Kier molecular flexibility index (Phi) is 5.97. The molecule has 0 saturated heterocycles. The number of hydrogen-bond donors (Lipinski definition) is 3. The number of oxazole rings is 1. The quantitative estimate of drug-likeness (QED) is 0.361. The molecule has 4 rings (SSSR count). The topological polar surface area (TPSA) is 130 Å². The molecule has 0 aliphatic rings. The van der Waals surface area contributed by atoms with Crippen LogP contribution in [0.1, 0.15) is 53.7 Å². The van der Waals surface area contributed by atoms with Crippen LogP contribution in [0, 0.1) is 13.8 Å². The number of aromatic carboxylic acids is 2. The van der Waals surface area contributed by atoms with Crippen LogP contribution in [0.25, 0.3) is 23.3 Å². The fraction of sp³-hybridized carbons (Fsp3) is 0.0769. The van der Waals surface area contributed by atoms with Gasteiger partial charge in [0.2, 0.25) is 5.89 Å². The van der Waals surface area contributed by atoms with E-state index in [1.165, 1.54) is 12.1 Å². The molecule has 1 aromatic heterocycles. The lowest BCUT2D eigenvalue weighted by atomic mass is 10.1. The van der Waals surface area contributed by atoms with Crippen molar-refractivity contribution >= 4 is 46.8 Å². The van der Waals surface area contributed by atoms with Crippen molar-refractivity contribution in [2.75, 3.05) is 5.32 Å². The summed E-state index contributed by atoms with van der Waals surface area (Å²) in [7, 11) is 0. The van der Waals surface area contributed by atoms with Gasteiger partial charge in [-0.05, 0) is 79.1 Å². The third-order valence-corrected chi connectivity index (χ3v) is 5.30. The van der Waals surface area contributed by atoms with Gasteiger partial charge >= 0.3 is 11.9 Å². The average Bonchev–Trinajstić information content (AvgIpc) is 3.19. The number of nitrogens with zero attached hydrogens (tertiary/aromatic N) is 1. The predicted octanol–water partition coefficient (Wildman–Crippen LogP) is 5.26. The molecule has 8 heteroatoms. The second-order valence-electron chi connectivity index (χ2n) is 7.78. The van der Waals surface area contributed by atoms with Crippen molar-refractivity contribution < 1.29 is 29.0 Å². The van der Waals surface area contributed by atoms with Crippen LogP contribution in [0.2, 0.25) is 0 Å². The Balaban J connectivity index is 1.49. The monoisotopic (exact) mass is 456 g/mol. The molecule has 0 atom stereocenters. The average molecular weight is 456 g/mol. The van der Waals surface area contributed by atoms with E-state index in [2.05, 4.69) is 10.3 Å². The van der Waals surface area contributed by atoms with Crippen LogP contribution in [0.3, 0.4) is 0 Å². The molecule has 0 radical (unpaired) electrons. The summed E-state index contributed by atoms with van der Waals surface area (Å²) >= 11 is 0. The molecule has 3 N–H and O–H groups in total. The first-order valence-corrected chi connectivity index (χ1v) is 10.3. The van der Waals surface area contributed by atoms with E-state index in [1.54, 1.807) is 30.3 Å². The molecule has 8 nitrogen and oxygen atoms in total. The van der Waals surface area contributed by atoms with E-state index in [1.807, 2.05) is 32.1 Å². The van der Waals surface area contributed by atoms with Crippen LogP contribution in [0.15, 0.2) is 59.0 Å². The Labute approximate surface area is 194 Å². The van der Waals surface area contributed by atoms with Gasteiger partial charge in [0.25, 0.3) is 5.91 Å². The van der Waals surface area contributed by atoms with E-state index in [9.17, 15) is 24.6 Å². The number of aryl methyl sites for hydroxylation is 2. The van der Waals surface area contributed by atoms with Gasteiger partial charge in [0, 0.05) is 17.3 Å². The summed E-state index contributed by atoms with van der Waals surface area (Å²) in [5.74, 6) is -2.62. The molecule has 0 fully saturated rings. The lowest BCUT2D eigenvalue weighted by molar-refractivity contribution is 0.0696. The SMILES string of the molecule is Cc1cc2nc(/C=C/c3ccc(C(=O)Nc4cc(C(=O)O)cc(C(=O)O)c4)cc3)oc2cc1C. The maximum atomic E-state index is 12.6. The van der Waals surface area contributed by atoms with Crippen molar-refractivity contribution in [1.29, 1.82) is 0 Å². The van der Waals surface area contributed by atoms with Gasteiger partial charge in [-0.2, -0.15) is 0 Å². The number of nitrogens with one attached hydrogen (secondary N) is 1. The normalized spacial score (nSPS) is 11.1. The van der Waals surface area contributed by atoms with Gasteiger partial charge in [-0.25, -0.2) is 14.6 Å². The number of carbonyl (C=O) groups is 3. The molecule has 0 spiro atoms. The van der Waals surface area contributed by atoms with Gasteiger partial charge in [-0.3, -0.25) is 4.79 Å².